The number of hydrogen-bond donors (Lipinski definition) is 3. The monoisotopic (exact) mass is 443 g/mol. The Morgan fingerprint density at radius 3 is 2.73 bits per heavy atom. The summed E-state index contributed by atoms with van der Waals surface area (Å²) in [6.07, 6.45) is 1.45. The van der Waals surface area contributed by atoms with Gasteiger partial charge in [0, 0.05) is 29.8 Å². The maximum absolute atomic E-state index is 14.6. The van der Waals surface area contributed by atoms with Gasteiger partial charge in [-0.15, -0.1) is 0 Å². The van der Waals surface area contributed by atoms with Crippen molar-refractivity contribution < 1.29 is 14.3 Å². The van der Waals surface area contributed by atoms with Gasteiger partial charge in [0.1, 0.15) is 17.3 Å². The number of fused-ring (bicyclic) bond motifs is 2. The lowest BCUT2D eigenvalue weighted by molar-refractivity contribution is 0.0687. The summed E-state index contributed by atoms with van der Waals surface area (Å²) in [5.74, 6) is -1.57. The van der Waals surface area contributed by atoms with E-state index in [1.54, 1.807) is 18.2 Å². The number of benzene rings is 1. The minimum atomic E-state index is -1.27. The molecule has 0 saturated heterocycles. The molecule has 164 valence electrons. The Balaban J connectivity index is 1.88. The molecule has 5 rings (SSSR count). The van der Waals surface area contributed by atoms with Crippen molar-refractivity contribution in [2.24, 2.45) is 0 Å². The first-order chi connectivity index (χ1) is 15.8. The van der Waals surface area contributed by atoms with Gasteiger partial charge < -0.3 is 20.4 Å². The third kappa shape index (κ3) is 3.30. The molecule has 0 radical (unpaired) electrons. The minimum absolute atomic E-state index is 0.0558. The molecule has 5 aromatic rings. The maximum Gasteiger partial charge on any atom is 0.353 e. The Hall–Kier alpha value is -4.53. The zero-order chi connectivity index (χ0) is 23.3. The van der Waals surface area contributed by atoms with Crippen LogP contribution in [0.4, 0.5) is 10.2 Å². The van der Waals surface area contributed by atoms with Gasteiger partial charge in [0.25, 0.3) is 5.56 Å². The molecule has 0 atom stereocenters. The Morgan fingerprint density at radius 1 is 1.18 bits per heavy atom. The van der Waals surface area contributed by atoms with E-state index in [-0.39, 0.29) is 45.9 Å². The minimum Gasteiger partial charge on any atom is -0.477 e. The molecule has 4 heterocycles. The first-order valence-corrected chi connectivity index (χ1v) is 10.1. The number of nitrogens with zero attached hydrogens (tertiary/aromatic N) is 3. The van der Waals surface area contributed by atoms with Gasteiger partial charge in [-0.3, -0.25) is 4.79 Å². The number of rotatable bonds is 4. The van der Waals surface area contributed by atoms with E-state index in [2.05, 4.69) is 15.0 Å². The highest BCUT2D eigenvalue weighted by Crippen LogP contribution is 2.34. The smallest absolute Gasteiger partial charge is 0.353 e. The summed E-state index contributed by atoms with van der Waals surface area (Å²) in [4.78, 5) is 36.3. The largest absolute Gasteiger partial charge is 0.477 e. The van der Waals surface area contributed by atoms with Gasteiger partial charge in [0.05, 0.1) is 27.8 Å². The zero-order valence-electron chi connectivity index (χ0n) is 17.5. The van der Waals surface area contributed by atoms with Gasteiger partial charge in [-0.05, 0) is 36.8 Å². The van der Waals surface area contributed by atoms with Crippen LogP contribution in [0.3, 0.4) is 0 Å². The van der Waals surface area contributed by atoms with E-state index in [9.17, 15) is 19.1 Å². The third-order valence-electron chi connectivity index (χ3n) is 5.61. The molecule has 0 unspecified atom stereocenters. The van der Waals surface area contributed by atoms with Crippen LogP contribution in [-0.4, -0.2) is 30.6 Å². The van der Waals surface area contributed by atoms with Gasteiger partial charge in [0.15, 0.2) is 0 Å². The molecule has 8 nitrogen and oxygen atoms in total. The van der Waals surface area contributed by atoms with E-state index >= 15 is 0 Å². The number of aromatic amines is 1. The van der Waals surface area contributed by atoms with Crippen LogP contribution in [0.15, 0.2) is 59.5 Å². The van der Waals surface area contributed by atoms with Crippen LogP contribution in [0.2, 0.25) is 0 Å². The van der Waals surface area contributed by atoms with Crippen LogP contribution < -0.4 is 11.3 Å². The SMILES string of the molecule is Cc1nc2c(-c3ccc[nH]c3=O)c(C(=O)O)n(Cc3cc(N)nc4ccccc34)c2cc1F. The first-order valence-electron chi connectivity index (χ1n) is 10.1. The van der Waals surface area contributed by atoms with Gasteiger partial charge in [-0.2, -0.15) is 0 Å². The Labute approximate surface area is 186 Å². The Kier molecular flexibility index (Phi) is 4.67. The number of anilines is 1. The molecule has 33 heavy (non-hydrogen) atoms. The number of carboxylic acid groups (broad SMARTS) is 1. The lowest BCUT2D eigenvalue weighted by Crippen LogP contribution is -2.14. The number of aromatic nitrogens is 4. The van der Waals surface area contributed by atoms with Crippen LogP contribution in [0, 0.1) is 12.7 Å². The van der Waals surface area contributed by atoms with E-state index in [1.165, 1.54) is 29.8 Å². The number of para-hydroxylation sites is 1. The number of aryl methyl sites for hydroxylation is 1. The summed E-state index contributed by atoms with van der Waals surface area (Å²) in [5.41, 5.74) is 7.57. The standard InChI is InChI=1S/C24H18FN5O3/c1-12-16(25)10-18-21(28-12)20(15-6-4-8-27-23(15)31)22(24(32)33)30(18)11-13-9-19(26)29-17-7-3-2-5-14(13)17/h2-10H,11H2,1H3,(H2,26,29)(H,27,31)(H,32,33). The van der Waals surface area contributed by atoms with Gasteiger partial charge in [-0.25, -0.2) is 19.2 Å². The van der Waals surface area contributed by atoms with Crippen molar-refractivity contribution in [3.8, 4) is 11.1 Å². The van der Waals surface area contributed by atoms with Crippen LogP contribution in [0.25, 0.3) is 33.1 Å². The fraction of sp³-hybridized carbons (Fsp3) is 0.0833. The van der Waals surface area contributed by atoms with Crippen molar-refractivity contribution in [3.63, 3.8) is 0 Å². The number of hydrogen-bond acceptors (Lipinski definition) is 5. The number of nitrogen functional groups attached to an aromatic ring is 1. The normalized spacial score (nSPS) is 11.3. The lowest BCUT2D eigenvalue weighted by atomic mass is 10.1. The second-order valence-corrected chi connectivity index (χ2v) is 7.67. The van der Waals surface area contributed by atoms with E-state index < -0.39 is 17.3 Å². The third-order valence-corrected chi connectivity index (χ3v) is 5.61. The van der Waals surface area contributed by atoms with Crippen LogP contribution in [-0.2, 0) is 6.54 Å². The molecule has 0 aliphatic rings. The summed E-state index contributed by atoms with van der Waals surface area (Å²) in [5, 5.41) is 11.0. The topological polar surface area (TPSA) is 127 Å². The second kappa shape index (κ2) is 7.56. The van der Waals surface area contributed by atoms with Crippen molar-refractivity contribution in [1.29, 1.82) is 0 Å². The number of halogens is 1. The summed E-state index contributed by atoms with van der Waals surface area (Å²) >= 11 is 0. The molecule has 0 spiro atoms. The predicted octanol–water partition coefficient (Wildman–Crippen LogP) is 3.72. The molecule has 4 aromatic heterocycles. The van der Waals surface area contributed by atoms with E-state index in [4.69, 9.17) is 5.73 Å². The molecule has 0 amide bonds. The summed E-state index contributed by atoms with van der Waals surface area (Å²) in [6, 6.07) is 13.4. The summed E-state index contributed by atoms with van der Waals surface area (Å²) in [7, 11) is 0. The molecule has 0 saturated carbocycles. The van der Waals surface area contributed by atoms with Crippen LogP contribution in [0.5, 0.6) is 0 Å². The summed E-state index contributed by atoms with van der Waals surface area (Å²) < 4.78 is 16.0. The second-order valence-electron chi connectivity index (χ2n) is 7.67. The fourth-order valence-electron chi connectivity index (χ4n) is 4.16. The molecule has 4 N–H and O–H groups in total. The van der Waals surface area contributed by atoms with Crippen LogP contribution in [0.1, 0.15) is 21.7 Å². The number of pyridine rings is 3. The fourth-order valence-corrected chi connectivity index (χ4v) is 4.16. The van der Waals surface area contributed by atoms with E-state index in [0.29, 0.717) is 11.1 Å². The Bertz CT molecular complexity index is 1640. The van der Waals surface area contributed by atoms with Crippen molar-refractivity contribution in [2.45, 2.75) is 13.5 Å². The molecule has 0 fully saturated rings. The molecular formula is C24H18FN5O3. The van der Waals surface area contributed by atoms with Gasteiger partial charge >= 0.3 is 5.97 Å². The molecule has 9 heteroatoms. The number of nitrogens with two attached hydrogens (primary N) is 1. The van der Waals surface area contributed by atoms with Crippen LogP contribution >= 0.6 is 0 Å². The first kappa shape index (κ1) is 20.4. The molecule has 0 bridgehead atoms. The zero-order valence-corrected chi connectivity index (χ0v) is 17.5. The molecule has 0 aliphatic carbocycles. The van der Waals surface area contributed by atoms with Gasteiger partial charge in [-0.1, -0.05) is 18.2 Å². The lowest BCUT2D eigenvalue weighted by Gasteiger charge is -2.12. The quantitative estimate of drug-likeness (QED) is 0.389. The molecule has 0 aliphatic heterocycles. The highest BCUT2D eigenvalue weighted by Gasteiger charge is 2.27. The number of carbonyl (C=O) groups is 1. The number of H-pyrrole nitrogens is 1. The molecule has 1 aromatic carbocycles. The number of carboxylic acids is 1. The van der Waals surface area contributed by atoms with E-state index in [1.807, 2.05) is 18.2 Å². The maximum atomic E-state index is 14.6. The van der Waals surface area contributed by atoms with E-state index in [0.717, 1.165) is 5.39 Å². The average molecular weight is 443 g/mol. The number of nitrogens with one attached hydrogen (secondary N) is 1. The highest BCUT2D eigenvalue weighted by atomic mass is 19.1. The van der Waals surface area contributed by atoms with Crippen molar-refractivity contribution in [2.75, 3.05) is 5.73 Å². The predicted molar refractivity (Wildman–Crippen MR) is 123 cm³/mol. The van der Waals surface area contributed by atoms with Gasteiger partial charge in [0.2, 0.25) is 0 Å². The van der Waals surface area contributed by atoms with Crippen molar-refractivity contribution in [3.05, 3.63) is 87.9 Å². The van der Waals surface area contributed by atoms with Crippen molar-refractivity contribution in [1.82, 2.24) is 19.5 Å². The molecular weight excluding hydrogens is 425 g/mol. The summed E-state index contributed by atoms with van der Waals surface area (Å²) in [6.45, 7) is 1.54. The average Bonchev–Trinajstić information content (AvgIpc) is 3.07. The highest BCUT2D eigenvalue weighted by molar-refractivity contribution is 6.06. The number of aromatic carboxylic acids is 1. The van der Waals surface area contributed by atoms with Crippen molar-refractivity contribution >= 4 is 33.7 Å². The Morgan fingerprint density at radius 2 is 1.97 bits per heavy atom.